The maximum Gasteiger partial charge on any atom is 0.318 e. The smallest absolute Gasteiger partial charge is 0.318 e. The molecule has 5 nitrogen and oxygen atoms in total. The summed E-state index contributed by atoms with van der Waals surface area (Å²) in [7, 11) is 2.00. The molecule has 0 spiro atoms. The molecule has 1 rings (SSSR count). The molecule has 1 aromatic heterocycles. The van der Waals surface area contributed by atoms with E-state index >= 15 is 0 Å². The second-order valence-corrected chi connectivity index (χ2v) is 4.85. The quantitative estimate of drug-likeness (QED) is 0.790. The Balaban J connectivity index is 2.56. The monoisotopic (exact) mass is 240 g/mol. The molecule has 0 saturated carbocycles. The van der Waals surface area contributed by atoms with Crippen molar-refractivity contribution in [3.63, 3.8) is 0 Å². The first-order valence-corrected chi connectivity index (χ1v) is 6.30. The van der Waals surface area contributed by atoms with Crippen molar-refractivity contribution < 1.29 is 4.42 Å². The Hall–Kier alpha value is -1.10. The fourth-order valence-electron chi connectivity index (χ4n) is 1.72. The van der Waals surface area contributed by atoms with Crippen LogP contribution < -0.4 is 10.2 Å². The zero-order chi connectivity index (χ0) is 12.8. The highest BCUT2D eigenvalue weighted by molar-refractivity contribution is 5.23. The van der Waals surface area contributed by atoms with Crippen LogP contribution in [0.15, 0.2) is 4.42 Å². The molecule has 1 N–H and O–H groups in total. The third kappa shape index (κ3) is 4.34. The Morgan fingerprint density at radius 1 is 1.29 bits per heavy atom. The van der Waals surface area contributed by atoms with Crippen molar-refractivity contribution in [2.45, 2.75) is 46.7 Å². The van der Waals surface area contributed by atoms with Crippen LogP contribution in [0.2, 0.25) is 0 Å². The molecule has 1 heterocycles. The van der Waals surface area contributed by atoms with Crippen molar-refractivity contribution in [2.75, 3.05) is 18.5 Å². The van der Waals surface area contributed by atoms with Crippen LogP contribution >= 0.6 is 0 Å². The standard InChI is InChI=1S/C12H24N4O/c1-6-13-8-11-14-15-12(17-11)16(5)10(4)7-9(2)3/h9-10,13H,6-8H2,1-5H3. The number of nitrogens with one attached hydrogen (secondary N) is 1. The van der Waals surface area contributed by atoms with Crippen molar-refractivity contribution in [1.29, 1.82) is 0 Å². The lowest BCUT2D eigenvalue weighted by molar-refractivity contribution is 0.438. The van der Waals surface area contributed by atoms with Crippen LogP contribution in [-0.4, -0.2) is 29.8 Å². The Labute approximate surface area is 104 Å². The van der Waals surface area contributed by atoms with Gasteiger partial charge in [-0.2, -0.15) is 0 Å². The van der Waals surface area contributed by atoms with Gasteiger partial charge in [0, 0.05) is 13.1 Å². The Kier molecular flexibility index (Phi) is 5.41. The van der Waals surface area contributed by atoms with Gasteiger partial charge in [-0.05, 0) is 25.8 Å². The lowest BCUT2D eigenvalue weighted by atomic mass is 10.0. The molecule has 0 amide bonds. The number of hydrogen-bond donors (Lipinski definition) is 1. The first kappa shape index (κ1) is 14.0. The van der Waals surface area contributed by atoms with E-state index in [1.165, 1.54) is 0 Å². The molecule has 0 saturated heterocycles. The third-order valence-corrected chi connectivity index (χ3v) is 2.76. The van der Waals surface area contributed by atoms with Gasteiger partial charge in [-0.1, -0.05) is 25.9 Å². The minimum Gasteiger partial charge on any atom is -0.407 e. The van der Waals surface area contributed by atoms with Crippen LogP contribution in [0.1, 0.15) is 40.0 Å². The van der Waals surface area contributed by atoms with Gasteiger partial charge in [-0.3, -0.25) is 0 Å². The van der Waals surface area contributed by atoms with Gasteiger partial charge in [0.15, 0.2) is 0 Å². The summed E-state index contributed by atoms with van der Waals surface area (Å²) >= 11 is 0. The maximum absolute atomic E-state index is 5.59. The summed E-state index contributed by atoms with van der Waals surface area (Å²) in [4.78, 5) is 2.04. The Morgan fingerprint density at radius 3 is 2.59 bits per heavy atom. The van der Waals surface area contributed by atoms with Gasteiger partial charge >= 0.3 is 6.01 Å². The van der Waals surface area contributed by atoms with Crippen LogP contribution in [0, 0.1) is 5.92 Å². The minimum absolute atomic E-state index is 0.405. The van der Waals surface area contributed by atoms with Crippen molar-refractivity contribution in [3.05, 3.63) is 5.89 Å². The molecule has 0 radical (unpaired) electrons. The zero-order valence-corrected chi connectivity index (χ0v) is 11.5. The second-order valence-electron chi connectivity index (χ2n) is 4.85. The van der Waals surface area contributed by atoms with E-state index in [9.17, 15) is 0 Å². The predicted molar refractivity (Wildman–Crippen MR) is 69.0 cm³/mol. The molecule has 0 fully saturated rings. The van der Waals surface area contributed by atoms with Gasteiger partial charge in [-0.25, -0.2) is 0 Å². The summed E-state index contributed by atoms with van der Waals surface area (Å²) in [5.74, 6) is 1.31. The second kappa shape index (κ2) is 6.59. The molecule has 98 valence electrons. The Morgan fingerprint density at radius 2 is 2.00 bits per heavy atom. The lowest BCUT2D eigenvalue weighted by Gasteiger charge is -2.23. The number of hydrogen-bond acceptors (Lipinski definition) is 5. The molecule has 0 aliphatic carbocycles. The molecular formula is C12H24N4O. The highest BCUT2D eigenvalue weighted by Gasteiger charge is 2.17. The van der Waals surface area contributed by atoms with E-state index in [1.54, 1.807) is 0 Å². The van der Waals surface area contributed by atoms with Crippen LogP contribution in [0.3, 0.4) is 0 Å². The molecule has 0 bridgehead atoms. The van der Waals surface area contributed by atoms with Crippen LogP contribution in [-0.2, 0) is 6.54 Å². The number of rotatable bonds is 7. The van der Waals surface area contributed by atoms with E-state index in [0.29, 0.717) is 30.4 Å². The average molecular weight is 240 g/mol. The van der Waals surface area contributed by atoms with Gasteiger partial charge in [0.2, 0.25) is 5.89 Å². The molecule has 0 aliphatic heterocycles. The number of aromatic nitrogens is 2. The number of anilines is 1. The van der Waals surface area contributed by atoms with E-state index in [0.717, 1.165) is 13.0 Å². The number of nitrogens with zero attached hydrogens (tertiary/aromatic N) is 3. The van der Waals surface area contributed by atoms with Crippen molar-refractivity contribution >= 4 is 6.01 Å². The van der Waals surface area contributed by atoms with Crippen molar-refractivity contribution in [2.24, 2.45) is 5.92 Å². The van der Waals surface area contributed by atoms with E-state index in [2.05, 4.69) is 36.3 Å². The summed E-state index contributed by atoms with van der Waals surface area (Å²) in [6.07, 6.45) is 1.11. The summed E-state index contributed by atoms with van der Waals surface area (Å²) in [5.41, 5.74) is 0. The maximum atomic E-state index is 5.59. The molecule has 1 unspecified atom stereocenters. The zero-order valence-electron chi connectivity index (χ0n) is 11.5. The largest absolute Gasteiger partial charge is 0.407 e. The highest BCUT2D eigenvalue weighted by Crippen LogP contribution is 2.17. The summed E-state index contributed by atoms with van der Waals surface area (Å²) in [6, 6.07) is 1.01. The van der Waals surface area contributed by atoms with Gasteiger partial charge in [0.1, 0.15) is 0 Å². The van der Waals surface area contributed by atoms with Gasteiger partial charge in [0.25, 0.3) is 0 Å². The fourth-order valence-corrected chi connectivity index (χ4v) is 1.72. The van der Waals surface area contributed by atoms with Gasteiger partial charge in [0.05, 0.1) is 6.54 Å². The van der Waals surface area contributed by atoms with Crippen molar-refractivity contribution in [3.8, 4) is 0 Å². The molecular weight excluding hydrogens is 216 g/mol. The SMILES string of the molecule is CCNCc1nnc(N(C)C(C)CC(C)C)o1. The fraction of sp³-hybridized carbons (Fsp3) is 0.833. The van der Waals surface area contributed by atoms with Gasteiger partial charge < -0.3 is 14.6 Å². The van der Waals surface area contributed by atoms with E-state index < -0.39 is 0 Å². The Bertz CT molecular complexity index is 324. The van der Waals surface area contributed by atoms with E-state index in [-0.39, 0.29) is 0 Å². The minimum atomic E-state index is 0.405. The lowest BCUT2D eigenvalue weighted by Crippen LogP contribution is -2.30. The molecule has 0 aromatic carbocycles. The summed E-state index contributed by atoms with van der Waals surface area (Å²) < 4.78 is 5.59. The van der Waals surface area contributed by atoms with E-state index in [4.69, 9.17) is 4.42 Å². The molecule has 5 heteroatoms. The topological polar surface area (TPSA) is 54.2 Å². The molecule has 0 aliphatic rings. The first-order valence-electron chi connectivity index (χ1n) is 6.30. The summed E-state index contributed by atoms with van der Waals surface area (Å²) in [6.45, 7) is 10.2. The first-order chi connectivity index (χ1) is 8.04. The molecule has 1 atom stereocenters. The van der Waals surface area contributed by atoms with Crippen LogP contribution in [0.5, 0.6) is 0 Å². The normalized spacial score (nSPS) is 13.1. The molecule has 17 heavy (non-hydrogen) atoms. The van der Waals surface area contributed by atoms with Gasteiger partial charge in [-0.15, -0.1) is 5.10 Å². The van der Waals surface area contributed by atoms with E-state index in [1.807, 2.05) is 18.9 Å². The summed E-state index contributed by atoms with van der Waals surface area (Å²) in [5, 5.41) is 11.2. The van der Waals surface area contributed by atoms with Crippen LogP contribution in [0.4, 0.5) is 6.01 Å². The van der Waals surface area contributed by atoms with Crippen LogP contribution in [0.25, 0.3) is 0 Å². The average Bonchev–Trinajstić information content (AvgIpc) is 2.72. The predicted octanol–water partition coefficient (Wildman–Crippen LogP) is 2.05. The third-order valence-electron chi connectivity index (χ3n) is 2.76. The molecule has 1 aromatic rings. The van der Waals surface area contributed by atoms with Crippen molar-refractivity contribution in [1.82, 2.24) is 15.5 Å². The highest BCUT2D eigenvalue weighted by atomic mass is 16.4.